The van der Waals surface area contributed by atoms with Crippen LogP contribution in [0.4, 0.5) is 0 Å². The summed E-state index contributed by atoms with van der Waals surface area (Å²) in [5, 5.41) is 4.21. The van der Waals surface area contributed by atoms with Crippen LogP contribution >= 0.6 is 0 Å². The molecular weight excluding hydrogens is 236 g/mol. The monoisotopic (exact) mass is 256 g/mol. The lowest BCUT2D eigenvalue weighted by molar-refractivity contribution is 0.323. The Balaban J connectivity index is 1.68. The zero-order valence-electron chi connectivity index (χ0n) is 11.2. The lowest BCUT2D eigenvalue weighted by atomic mass is 9.95. The van der Waals surface area contributed by atoms with Crippen LogP contribution in [0.25, 0.3) is 0 Å². The molecule has 0 bridgehead atoms. The van der Waals surface area contributed by atoms with E-state index in [1.807, 2.05) is 17.9 Å². The van der Waals surface area contributed by atoms with Gasteiger partial charge in [-0.1, -0.05) is 30.3 Å². The van der Waals surface area contributed by atoms with Crippen LogP contribution in [-0.2, 0) is 13.6 Å². The second-order valence-corrected chi connectivity index (χ2v) is 5.40. The van der Waals surface area contributed by atoms with Gasteiger partial charge < -0.3 is 5.73 Å². The third kappa shape index (κ3) is 2.69. The Kier molecular flexibility index (Phi) is 3.36. The van der Waals surface area contributed by atoms with Gasteiger partial charge in [-0.25, -0.2) is 0 Å². The molecule has 1 aliphatic heterocycles. The van der Waals surface area contributed by atoms with Gasteiger partial charge in [0.2, 0.25) is 0 Å². The molecule has 0 saturated carbocycles. The quantitative estimate of drug-likeness (QED) is 0.901. The average Bonchev–Trinajstić information content (AvgIpc) is 2.97. The summed E-state index contributed by atoms with van der Waals surface area (Å²) in [5.41, 5.74) is 8.90. The van der Waals surface area contributed by atoms with E-state index in [1.165, 1.54) is 11.1 Å². The van der Waals surface area contributed by atoms with Crippen LogP contribution in [0, 0.1) is 0 Å². The molecule has 19 heavy (non-hydrogen) atoms. The normalized spacial score (nSPS) is 23.9. The minimum absolute atomic E-state index is 0.221. The van der Waals surface area contributed by atoms with E-state index in [2.05, 4.69) is 46.5 Å². The van der Waals surface area contributed by atoms with Crippen LogP contribution in [-0.4, -0.2) is 33.8 Å². The summed E-state index contributed by atoms with van der Waals surface area (Å²) in [7, 11) is 1.95. The van der Waals surface area contributed by atoms with Gasteiger partial charge in [-0.05, 0) is 5.56 Å². The number of nitrogens with zero attached hydrogens (tertiary/aromatic N) is 3. The van der Waals surface area contributed by atoms with Crippen molar-refractivity contribution in [2.45, 2.75) is 18.5 Å². The lowest BCUT2D eigenvalue weighted by Crippen LogP contribution is -2.28. The van der Waals surface area contributed by atoms with Crippen LogP contribution in [0.2, 0.25) is 0 Å². The molecule has 2 N–H and O–H groups in total. The SMILES string of the molecule is Cn1cc(CN2C[C@@H](N)[C@H](c3ccccc3)C2)cn1. The molecule has 0 spiro atoms. The maximum Gasteiger partial charge on any atom is 0.0534 e. The molecule has 1 fully saturated rings. The van der Waals surface area contributed by atoms with Gasteiger partial charge in [-0.15, -0.1) is 0 Å². The van der Waals surface area contributed by atoms with Gasteiger partial charge in [-0.3, -0.25) is 9.58 Å². The molecule has 1 aromatic heterocycles. The number of aryl methyl sites for hydroxylation is 1. The summed E-state index contributed by atoms with van der Waals surface area (Å²) in [6.07, 6.45) is 4.00. The zero-order chi connectivity index (χ0) is 13.2. The predicted molar refractivity (Wildman–Crippen MR) is 75.6 cm³/mol. The number of likely N-dealkylation sites (tertiary alicyclic amines) is 1. The Labute approximate surface area is 113 Å². The first-order valence-electron chi connectivity index (χ1n) is 6.73. The number of rotatable bonds is 3. The first kappa shape index (κ1) is 12.4. The van der Waals surface area contributed by atoms with Crippen LogP contribution in [0.5, 0.6) is 0 Å². The smallest absolute Gasteiger partial charge is 0.0534 e. The molecule has 1 aromatic carbocycles. The molecule has 4 heteroatoms. The van der Waals surface area contributed by atoms with Gasteiger partial charge in [-0.2, -0.15) is 5.10 Å². The van der Waals surface area contributed by atoms with Crippen molar-refractivity contribution in [3.63, 3.8) is 0 Å². The fourth-order valence-electron chi connectivity index (χ4n) is 2.91. The molecule has 0 radical (unpaired) electrons. The summed E-state index contributed by atoms with van der Waals surface area (Å²) in [4.78, 5) is 2.42. The number of aromatic nitrogens is 2. The van der Waals surface area contributed by atoms with E-state index < -0.39 is 0 Å². The van der Waals surface area contributed by atoms with E-state index in [9.17, 15) is 0 Å². The summed E-state index contributed by atoms with van der Waals surface area (Å²) in [6.45, 7) is 2.92. The predicted octanol–water partition coefficient (Wildman–Crippen LogP) is 1.35. The van der Waals surface area contributed by atoms with Crippen LogP contribution < -0.4 is 5.73 Å². The highest BCUT2D eigenvalue weighted by Gasteiger charge is 2.31. The van der Waals surface area contributed by atoms with Crippen molar-refractivity contribution in [2.75, 3.05) is 13.1 Å². The van der Waals surface area contributed by atoms with E-state index >= 15 is 0 Å². The van der Waals surface area contributed by atoms with E-state index in [-0.39, 0.29) is 6.04 Å². The Hall–Kier alpha value is -1.65. The summed E-state index contributed by atoms with van der Waals surface area (Å²) in [6, 6.07) is 10.8. The second-order valence-electron chi connectivity index (χ2n) is 5.40. The molecule has 2 aromatic rings. The zero-order valence-corrected chi connectivity index (χ0v) is 11.2. The third-order valence-corrected chi connectivity index (χ3v) is 3.83. The molecule has 0 amide bonds. The maximum atomic E-state index is 6.30. The first-order valence-corrected chi connectivity index (χ1v) is 6.73. The minimum atomic E-state index is 0.221. The highest BCUT2D eigenvalue weighted by atomic mass is 15.2. The van der Waals surface area contributed by atoms with Gasteiger partial charge >= 0.3 is 0 Å². The Morgan fingerprint density at radius 1 is 1.26 bits per heavy atom. The summed E-state index contributed by atoms with van der Waals surface area (Å²) in [5.74, 6) is 0.442. The van der Waals surface area contributed by atoms with Crippen molar-refractivity contribution in [3.8, 4) is 0 Å². The third-order valence-electron chi connectivity index (χ3n) is 3.83. The van der Waals surface area contributed by atoms with E-state index in [1.54, 1.807) is 0 Å². The molecule has 3 rings (SSSR count). The van der Waals surface area contributed by atoms with Crippen LogP contribution in [0.1, 0.15) is 17.0 Å². The topological polar surface area (TPSA) is 47.1 Å². The number of benzene rings is 1. The molecule has 0 unspecified atom stereocenters. The first-order chi connectivity index (χ1) is 9.22. The van der Waals surface area contributed by atoms with Crippen molar-refractivity contribution in [1.82, 2.24) is 14.7 Å². The van der Waals surface area contributed by atoms with Gasteiger partial charge in [0.15, 0.2) is 0 Å². The highest BCUT2D eigenvalue weighted by molar-refractivity contribution is 5.23. The number of hydrogen-bond donors (Lipinski definition) is 1. The maximum absolute atomic E-state index is 6.30. The second kappa shape index (κ2) is 5.15. The number of hydrogen-bond acceptors (Lipinski definition) is 3. The lowest BCUT2D eigenvalue weighted by Gasteiger charge is -2.15. The Morgan fingerprint density at radius 3 is 2.74 bits per heavy atom. The molecule has 1 aliphatic rings. The van der Waals surface area contributed by atoms with Gasteiger partial charge in [0, 0.05) is 50.4 Å². The van der Waals surface area contributed by atoms with Crippen molar-refractivity contribution in [2.24, 2.45) is 12.8 Å². The Bertz CT molecular complexity index is 534. The van der Waals surface area contributed by atoms with Gasteiger partial charge in [0.1, 0.15) is 0 Å². The molecule has 100 valence electrons. The van der Waals surface area contributed by atoms with Crippen molar-refractivity contribution >= 4 is 0 Å². The fraction of sp³-hybridized carbons (Fsp3) is 0.400. The fourth-order valence-corrected chi connectivity index (χ4v) is 2.91. The van der Waals surface area contributed by atoms with Crippen molar-refractivity contribution in [3.05, 3.63) is 53.9 Å². The van der Waals surface area contributed by atoms with Crippen molar-refractivity contribution in [1.29, 1.82) is 0 Å². The average molecular weight is 256 g/mol. The van der Waals surface area contributed by atoms with E-state index in [4.69, 9.17) is 5.73 Å². The van der Waals surface area contributed by atoms with E-state index in [0.717, 1.165) is 19.6 Å². The largest absolute Gasteiger partial charge is 0.326 e. The number of nitrogens with two attached hydrogens (primary N) is 1. The molecule has 0 aliphatic carbocycles. The van der Waals surface area contributed by atoms with Gasteiger partial charge in [0.05, 0.1) is 6.20 Å². The molecule has 1 saturated heterocycles. The van der Waals surface area contributed by atoms with E-state index in [0.29, 0.717) is 5.92 Å². The summed E-state index contributed by atoms with van der Waals surface area (Å²) >= 11 is 0. The standard InChI is InChI=1S/C15H20N4/c1-18-8-12(7-17-18)9-19-10-14(15(16)11-19)13-5-3-2-4-6-13/h2-8,14-15H,9-11,16H2,1H3/t14-,15+/m0/s1. The highest BCUT2D eigenvalue weighted by Crippen LogP contribution is 2.27. The Morgan fingerprint density at radius 2 is 2.05 bits per heavy atom. The molecule has 2 atom stereocenters. The summed E-state index contributed by atoms with van der Waals surface area (Å²) < 4.78 is 1.85. The van der Waals surface area contributed by atoms with Gasteiger partial charge in [0.25, 0.3) is 0 Å². The minimum Gasteiger partial charge on any atom is -0.326 e. The molecular formula is C15H20N4. The molecule has 2 heterocycles. The van der Waals surface area contributed by atoms with Crippen molar-refractivity contribution < 1.29 is 0 Å². The van der Waals surface area contributed by atoms with Crippen LogP contribution in [0.3, 0.4) is 0 Å². The molecule has 4 nitrogen and oxygen atoms in total. The van der Waals surface area contributed by atoms with Crippen LogP contribution in [0.15, 0.2) is 42.7 Å².